The maximum Gasteiger partial charge on any atom is 0.233 e. The van der Waals surface area contributed by atoms with E-state index in [1.807, 2.05) is 17.0 Å². The van der Waals surface area contributed by atoms with E-state index in [1.54, 1.807) is 12.1 Å². The van der Waals surface area contributed by atoms with E-state index in [1.165, 1.54) is 11.8 Å². The van der Waals surface area contributed by atoms with E-state index >= 15 is 0 Å². The van der Waals surface area contributed by atoms with Gasteiger partial charge in [0.25, 0.3) is 0 Å². The molecule has 1 saturated heterocycles. The summed E-state index contributed by atoms with van der Waals surface area (Å²) >= 11 is 1.47. The molecule has 0 radical (unpaired) electrons. The highest BCUT2D eigenvalue weighted by Crippen LogP contribution is 2.19. The van der Waals surface area contributed by atoms with Gasteiger partial charge in [-0.3, -0.25) is 4.79 Å². The van der Waals surface area contributed by atoms with E-state index in [0.717, 1.165) is 4.90 Å². The number of carbonyl (C=O) groups is 1. The Morgan fingerprint density at radius 3 is 2.94 bits per heavy atom. The predicted molar refractivity (Wildman–Crippen MR) is 69.3 cm³/mol. The summed E-state index contributed by atoms with van der Waals surface area (Å²) in [6.07, 6.45) is 0. The van der Waals surface area contributed by atoms with Gasteiger partial charge in [-0.1, -0.05) is 6.07 Å². The fourth-order valence-corrected chi connectivity index (χ4v) is 2.56. The van der Waals surface area contributed by atoms with Gasteiger partial charge in [-0.25, -0.2) is 0 Å². The molecular formula is C13H14N2O2S. The van der Waals surface area contributed by atoms with Gasteiger partial charge in [0.05, 0.1) is 30.6 Å². The lowest BCUT2D eigenvalue weighted by atomic mass is 10.2. The van der Waals surface area contributed by atoms with Crippen LogP contribution >= 0.6 is 11.8 Å². The Kier molecular flexibility index (Phi) is 4.62. The van der Waals surface area contributed by atoms with Crippen LogP contribution in [0.3, 0.4) is 0 Å². The van der Waals surface area contributed by atoms with Crippen LogP contribution in [0, 0.1) is 11.3 Å². The van der Waals surface area contributed by atoms with Crippen molar-refractivity contribution in [3.05, 3.63) is 29.8 Å². The van der Waals surface area contributed by atoms with Gasteiger partial charge in [0, 0.05) is 18.0 Å². The summed E-state index contributed by atoms with van der Waals surface area (Å²) in [5, 5.41) is 8.79. The maximum absolute atomic E-state index is 11.9. The molecular weight excluding hydrogens is 248 g/mol. The van der Waals surface area contributed by atoms with Crippen LogP contribution in [-0.2, 0) is 9.53 Å². The van der Waals surface area contributed by atoms with Gasteiger partial charge in [-0.15, -0.1) is 11.8 Å². The maximum atomic E-state index is 11.9. The van der Waals surface area contributed by atoms with Gasteiger partial charge >= 0.3 is 0 Å². The first-order chi connectivity index (χ1) is 8.79. The zero-order chi connectivity index (χ0) is 12.8. The molecule has 18 heavy (non-hydrogen) atoms. The molecule has 0 bridgehead atoms. The molecule has 1 aliphatic rings. The number of ether oxygens (including phenoxy) is 1. The highest BCUT2D eigenvalue weighted by atomic mass is 32.2. The highest BCUT2D eigenvalue weighted by Gasteiger charge is 2.16. The molecule has 0 N–H and O–H groups in total. The van der Waals surface area contributed by atoms with Crippen molar-refractivity contribution >= 4 is 17.7 Å². The molecule has 1 aromatic rings. The van der Waals surface area contributed by atoms with Crippen molar-refractivity contribution in [1.82, 2.24) is 4.90 Å². The van der Waals surface area contributed by atoms with E-state index in [2.05, 4.69) is 6.07 Å². The molecule has 0 aliphatic carbocycles. The minimum absolute atomic E-state index is 0.130. The molecule has 2 rings (SSSR count). The summed E-state index contributed by atoms with van der Waals surface area (Å²) in [5.41, 5.74) is 0.624. The first kappa shape index (κ1) is 12.9. The number of hydrogen-bond acceptors (Lipinski definition) is 4. The van der Waals surface area contributed by atoms with Crippen LogP contribution in [0.1, 0.15) is 5.56 Å². The van der Waals surface area contributed by atoms with E-state index in [9.17, 15) is 4.79 Å². The van der Waals surface area contributed by atoms with Crippen LogP contribution in [0.25, 0.3) is 0 Å². The lowest BCUT2D eigenvalue weighted by Crippen LogP contribution is -2.41. The minimum Gasteiger partial charge on any atom is -0.378 e. The molecule has 4 nitrogen and oxygen atoms in total. The lowest BCUT2D eigenvalue weighted by molar-refractivity contribution is -0.132. The van der Waals surface area contributed by atoms with E-state index < -0.39 is 0 Å². The van der Waals surface area contributed by atoms with Crippen LogP contribution in [0.5, 0.6) is 0 Å². The average Bonchev–Trinajstić information content (AvgIpc) is 2.46. The van der Waals surface area contributed by atoms with E-state index in [4.69, 9.17) is 10.00 Å². The monoisotopic (exact) mass is 262 g/mol. The third kappa shape index (κ3) is 3.49. The molecule has 1 fully saturated rings. The van der Waals surface area contributed by atoms with Gasteiger partial charge in [0.1, 0.15) is 0 Å². The lowest BCUT2D eigenvalue weighted by Gasteiger charge is -2.26. The molecule has 94 valence electrons. The first-order valence-electron chi connectivity index (χ1n) is 5.78. The minimum atomic E-state index is 0.130. The fourth-order valence-electron chi connectivity index (χ4n) is 1.70. The number of amides is 1. The third-order valence-electron chi connectivity index (χ3n) is 2.69. The first-order valence-corrected chi connectivity index (χ1v) is 6.76. The Balaban J connectivity index is 1.86. The van der Waals surface area contributed by atoms with Crippen molar-refractivity contribution in [3.63, 3.8) is 0 Å². The number of thioether (sulfide) groups is 1. The Labute approximate surface area is 111 Å². The highest BCUT2D eigenvalue weighted by molar-refractivity contribution is 8.00. The summed E-state index contributed by atoms with van der Waals surface area (Å²) in [6, 6.07) is 9.40. The number of nitriles is 1. The summed E-state index contributed by atoms with van der Waals surface area (Å²) in [5.74, 6) is 0.542. The van der Waals surface area contributed by atoms with Crippen molar-refractivity contribution in [1.29, 1.82) is 5.26 Å². The second-order valence-corrected chi connectivity index (χ2v) is 4.97. The Hall–Kier alpha value is -1.51. The molecule has 1 heterocycles. The molecule has 0 unspecified atom stereocenters. The van der Waals surface area contributed by atoms with Gasteiger partial charge < -0.3 is 9.64 Å². The summed E-state index contributed by atoms with van der Waals surface area (Å²) < 4.78 is 5.21. The SMILES string of the molecule is N#Cc1cccc(SCC(=O)N2CCOCC2)c1. The predicted octanol–water partition coefficient (Wildman–Crippen LogP) is 1.51. The number of nitrogens with zero attached hydrogens (tertiary/aromatic N) is 2. The number of carbonyl (C=O) groups excluding carboxylic acids is 1. The van der Waals surface area contributed by atoms with Gasteiger partial charge in [0.15, 0.2) is 0 Å². The summed E-state index contributed by atoms with van der Waals surface area (Å²) in [4.78, 5) is 14.7. The van der Waals surface area contributed by atoms with Crippen molar-refractivity contribution in [2.45, 2.75) is 4.90 Å². The summed E-state index contributed by atoms with van der Waals surface area (Å²) in [7, 11) is 0. The molecule has 1 amide bonds. The number of morpholine rings is 1. The summed E-state index contributed by atoms with van der Waals surface area (Å²) in [6.45, 7) is 2.61. The van der Waals surface area contributed by atoms with Crippen molar-refractivity contribution < 1.29 is 9.53 Å². The van der Waals surface area contributed by atoms with Crippen LogP contribution in [-0.4, -0.2) is 42.9 Å². The fraction of sp³-hybridized carbons (Fsp3) is 0.385. The van der Waals surface area contributed by atoms with Crippen LogP contribution in [0.4, 0.5) is 0 Å². The molecule has 5 heteroatoms. The standard InChI is InChI=1S/C13H14N2O2S/c14-9-11-2-1-3-12(8-11)18-10-13(16)15-4-6-17-7-5-15/h1-3,8H,4-7,10H2. The average molecular weight is 262 g/mol. The largest absolute Gasteiger partial charge is 0.378 e. The van der Waals surface area contributed by atoms with E-state index in [0.29, 0.717) is 37.6 Å². The molecule has 0 saturated carbocycles. The molecule has 0 atom stereocenters. The topological polar surface area (TPSA) is 53.3 Å². The zero-order valence-corrected chi connectivity index (χ0v) is 10.8. The van der Waals surface area contributed by atoms with Gasteiger partial charge in [0.2, 0.25) is 5.91 Å². The molecule has 1 aliphatic heterocycles. The van der Waals surface area contributed by atoms with Gasteiger partial charge in [-0.05, 0) is 18.2 Å². The van der Waals surface area contributed by atoms with Crippen LogP contribution < -0.4 is 0 Å². The van der Waals surface area contributed by atoms with Crippen molar-refractivity contribution in [2.24, 2.45) is 0 Å². The van der Waals surface area contributed by atoms with Crippen LogP contribution in [0.2, 0.25) is 0 Å². The van der Waals surface area contributed by atoms with Crippen molar-refractivity contribution in [2.75, 3.05) is 32.1 Å². The van der Waals surface area contributed by atoms with Crippen molar-refractivity contribution in [3.8, 4) is 6.07 Å². The second-order valence-electron chi connectivity index (χ2n) is 3.92. The quantitative estimate of drug-likeness (QED) is 0.775. The Morgan fingerprint density at radius 2 is 2.22 bits per heavy atom. The smallest absolute Gasteiger partial charge is 0.233 e. The molecule has 1 aromatic carbocycles. The normalized spacial score (nSPS) is 15.2. The Bertz CT molecular complexity index is 464. The number of rotatable bonds is 3. The number of benzene rings is 1. The van der Waals surface area contributed by atoms with Gasteiger partial charge in [-0.2, -0.15) is 5.26 Å². The zero-order valence-electron chi connectivity index (χ0n) is 9.96. The molecule has 0 aromatic heterocycles. The van der Waals surface area contributed by atoms with Crippen LogP contribution in [0.15, 0.2) is 29.2 Å². The number of hydrogen-bond donors (Lipinski definition) is 0. The molecule has 0 spiro atoms. The third-order valence-corrected chi connectivity index (χ3v) is 3.67. The second kappa shape index (κ2) is 6.43. The Morgan fingerprint density at radius 1 is 1.44 bits per heavy atom. The van der Waals surface area contributed by atoms with E-state index in [-0.39, 0.29) is 5.91 Å².